The highest BCUT2D eigenvalue weighted by Crippen LogP contribution is 2.45. The number of benzene rings is 2. The van der Waals surface area contributed by atoms with Gasteiger partial charge in [0.1, 0.15) is 0 Å². The van der Waals surface area contributed by atoms with Gasteiger partial charge in [-0.1, -0.05) is 55.2 Å². The number of thiocarbonyl (C=S) groups is 1. The molecule has 0 N–H and O–H groups in total. The summed E-state index contributed by atoms with van der Waals surface area (Å²) < 4.78 is 0.580. The second kappa shape index (κ2) is 7.86. The zero-order valence-electron chi connectivity index (χ0n) is 18.2. The molecule has 2 aliphatic heterocycles. The topological polar surface area (TPSA) is 23.6 Å². The lowest BCUT2D eigenvalue weighted by Gasteiger charge is -2.50. The smallest absolute Gasteiger partial charge is 0.270 e. The largest absolute Gasteiger partial charge is 0.364 e. The van der Waals surface area contributed by atoms with Gasteiger partial charge in [0.25, 0.3) is 5.91 Å². The third-order valence-corrected chi connectivity index (χ3v) is 7.22. The molecule has 4 rings (SSSR count). The van der Waals surface area contributed by atoms with Crippen LogP contribution in [0.25, 0.3) is 6.08 Å². The molecule has 0 bridgehead atoms. The summed E-state index contributed by atoms with van der Waals surface area (Å²) in [5, 5.41) is 0. The third-order valence-electron chi connectivity index (χ3n) is 5.92. The van der Waals surface area contributed by atoms with Crippen LogP contribution in [0.3, 0.4) is 0 Å². The summed E-state index contributed by atoms with van der Waals surface area (Å²) >= 11 is 6.87. The second-order valence-electron chi connectivity index (χ2n) is 9.05. The first-order chi connectivity index (χ1) is 14.2. The number of thioether (sulfide) groups is 1. The summed E-state index contributed by atoms with van der Waals surface area (Å²) in [5.41, 5.74) is 4.66. The molecule has 1 amide bonds. The lowest BCUT2D eigenvalue weighted by Crippen LogP contribution is -2.51. The van der Waals surface area contributed by atoms with Crippen molar-refractivity contribution in [1.29, 1.82) is 0 Å². The van der Waals surface area contributed by atoms with Gasteiger partial charge in [-0.25, -0.2) is 0 Å². The molecule has 0 unspecified atom stereocenters. The Bertz CT molecular complexity index is 1030. The van der Waals surface area contributed by atoms with E-state index >= 15 is 0 Å². The van der Waals surface area contributed by atoms with Crippen LogP contribution in [0.15, 0.2) is 53.4 Å². The molecule has 0 spiro atoms. The number of amides is 1. The Balaban J connectivity index is 1.68. The van der Waals surface area contributed by atoms with E-state index in [4.69, 9.17) is 12.2 Å². The molecule has 0 aliphatic carbocycles. The summed E-state index contributed by atoms with van der Waals surface area (Å²) in [5.74, 6) is 0.420. The van der Waals surface area contributed by atoms with Crippen LogP contribution in [0.4, 0.5) is 11.4 Å². The van der Waals surface area contributed by atoms with E-state index < -0.39 is 0 Å². The predicted molar refractivity (Wildman–Crippen MR) is 133 cm³/mol. The van der Waals surface area contributed by atoms with E-state index in [2.05, 4.69) is 57.7 Å². The van der Waals surface area contributed by atoms with E-state index in [0.717, 1.165) is 17.7 Å². The average molecular weight is 437 g/mol. The number of hydrogen-bond acceptors (Lipinski definition) is 4. The molecule has 0 saturated carbocycles. The first kappa shape index (κ1) is 21.1. The van der Waals surface area contributed by atoms with Crippen molar-refractivity contribution in [3.8, 4) is 0 Å². The molecule has 5 heteroatoms. The van der Waals surface area contributed by atoms with Crippen molar-refractivity contribution < 1.29 is 4.79 Å². The van der Waals surface area contributed by atoms with Crippen molar-refractivity contribution in [1.82, 2.24) is 0 Å². The number of carbonyl (C=O) groups is 1. The highest BCUT2D eigenvalue weighted by molar-refractivity contribution is 8.27. The van der Waals surface area contributed by atoms with Crippen molar-refractivity contribution in [3.63, 3.8) is 0 Å². The van der Waals surface area contributed by atoms with Crippen molar-refractivity contribution in [2.45, 2.75) is 58.5 Å². The van der Waals surface area contributed by atoms with Crippen molar-refractivity contribution >= 4 is 51.7 Å². The first-order valence-electron chi connectivity index (χ1n) is 10.5. The Hall–Kier alpha value is -2.11. The second-order valence-corrected chi connectivity index (χ2v) is 10.7. The van der Waals surface area contributed by atoms with Gasteiger partial charge in [-0.2, -0.15) is 0 Å². The molecule has 156 valence electrons. The Morgan fingerprint density at radius 2 is 1.87 bits per heavy atom. The Kier molecular flexibility index (Phi) is 5.54. The number of fused-ring (bicyclic) bond motifs is 1. The molecule has 1 atom stereocenters. The minimum atomic E-state index is -0.0492. The first-order valence-corrected chi connectivity index (χ1v) is 11.7. The standard InChI is InChI=1S/C25H28N2OS2/c1-16(2)27-21-12-11-18(13-20(21)17(3)15-25(27,4)5)14-22-23(28)26(24(29)30-22)19-9-7-6-8-10-19/h6-14,16-17H,15H2,1-5H3/b22-14-/t17-/m0/s1. The van der Waals surface area contributed by atoms with Gasteiger partial charge in [-0.3, -0.25) is 9.69 Å². The molecular formula is C25H28N2OS2. The highest BCUT2D eigenvalue weighted by atomic mass is 32.2. The van der Waals surface area contributed by atoms with Crippen LogP contribution in [-0.2, 0) is 4.79 Å². The lowest BCUT2D eigenvalue weighted by atomic mass is 9.79. The minimum Gasteiger partial charge on any atom is -0.364 e. The van der Waals surface area contributed by atoms with E-state index in [0.29, 0.717) is 21.2 Å². The van der Waals surface area contributed by atoms with Crippen LogP contribution in [0.2, 0.25) is 0 Å². The van der Waals surface area contributed by atoms with E-state index in [1.54, 1.807) is 4.90 Å². The quantitative estimate of drug-likeness (QED) is 0.400. The summed E-state index contributed by atoms with van der Waals surface area (Å²) in [7, 11) is 0. The number of anilines is 2. The maximum atomic E-state index is 13.0. The van der Waals surface area contributed by atoms with Gasteiger partial charge in [0.2, 0.25) is 0 Å². The number of para-hydroxylation sites is 1. The van der Waals surface area contributed by atoms with Gasteiger partial charge in [-0.05, 0) is 81.5 Å². The average Bonchev–Trinajstić information content (AvgIpc) is 2.95. The maximum Gasteiger partial charge on any atom is 0.270 e. The van der Waals surface area contributed by atoms with Crippen LogP contribution >= 0.6 is 24.0 Å². The maximum absolute atomic E-state index is 13.0. The molecule has 0 radical (unpaired) electrons. The molecule has 1 fully saturated rings. The van der Waals surface area contributed by atoms with Gasteiger partial charge in [0, 0.05) is 17.3 Å². The van der Waals surface area contributed by atoms with Gasteiger partial charge in [0.05, 0.1) is 10.6 Å². The molecule has 2 aromatic rings. The van der Waals surface area contributed by atoms with E-state index in [-0.39, 0.29) is 11.4 Å². The van der Waals surface area contributed by atoms with E-state index in [9.17, 15) is 4.79 Å². The van der Waals surface area contributed by atoms with Gasteiger partial charge in [-0.15, -0.1) is 0 Å². The van der Waals surface area contributed by atoms with Crippen LogP contribution in [0.1, 0.15) is 58.1 Å². The van der Waals surface area contributed by atoms with E-state index in [1.165, 1.54) is 23.0 Å². The number of rotatable bonds is 3. The van der Waals surface area contributed by atoms with Crippen LogP contribution in [0, 0.1) is 0 Å². The predicted octanol–water partition coefficient (Wildman–Crippen LogP) is 6.59. The molecule has 2 aliphatic rings. The normalized spacial score (nSPS) is 22.2. The number of nitrogens with zero attached hydrogens (tertiary/aromatic N) is 2. The zero-order chi connectivity index (χ0) is 21.6. The van der Waals surface area contributed by atoms with Gasteiger partial charge < -0.3 is 4.90 Å². The Morgan fingerprint density at radius 1 is 1.17 bits per heavy atom. The van der Waals surface area contributed by atoms with Crippen molar-refractivity contribution in [2.75, 3.05) is 9.80 Å². The number of carbonyl (C=O) groups excluding carboxylic acids is 1. The third kappa shape index (κ3) is 3.69. The summed E-state index contributed by atoms with van der Waals surface area (Å²) in [4.78, 5) is 17.9. The number of hydrogen-bond donors (Lipinski definition) is 0. The summed E-state index contributed by atoms with van der Waals surface area (Å²) in [6.07, 6.45) is 3.09. The highest BCUT2D eigenvalue weighted by Gasteiger charge is 2.38. The van der Waals surface area contributed by atoms with Gasteiger partial charge in [0.15, 0.2) is 4.32 Å². The minimum absolute atomic E-state index is 0.0492. The summed E-state index contributed by atoms with van der Waals surface area (Å²) in [6.45, 7) is 11.5. The van der Waals surface area contributed by atoms with Crippen molar-refractivity contribution in [3.05, 3.63) is 64.6 Å². The fraction of sp³-hybridized carbons (Fsp3) is 0.360. The Labute approximate surface area is 189 Å². The van der Waals surface area contributed by atoms with Crippen LogP contribution in [0.5, 0.6) is 0 Å². The Morgan fingerprint density at radius 3 is 2.53 bits per heavy atom. The van der Waals surface area contributed by atoms with E-state index in [1.807, 2.05) is 36.4 Å². The zero-order valence-corrected chi connectivity index (χ0v) is 19.8. The van der Waals surface area contributed by atoms with Crippen LogP contribution < -0.4 is 9.80 Å². The SMILES string of the molecule is CC(C)N1c2ccc(/C=C3\SC(=S)N(c4ccccc4)C3=O)cc2[C@@H](C)CC1(C)C. The van der Waals surface area contributed by atoms with Crippen LogP contribution in [-0.4, -0.2) is 21.8 Å². The monoisotopic (exact) mass is 436 g/mol. The fourth-order valence-electron chi connectivity index (χ4n) is 4.96. The van der Waals surface area contributed by atoms with Gasteiger partial charge >= 0.3 is 0 Å². The molecule has 3 nitrogen and oxygen atoms in total. The molecule has 30 heavy (non-hydrogen) atoms. The molecule has 2 aromatic carbocycles. The molecular weight excluding hydrogens is 408 g/mol. The molecule has 0 aromatic heterocycles. The summed E-state index contributed by atoms with van der Waals surface area (Å²) in [6, 6.07) is 16.6. The molecule has 2 heterocycles. The fourth-order valence-corrected chi connectivity index (χ4v) is 6.26. The molecule has 1 saturated heterocycles. The lowest BCUT2D eigenvalue weighted by molar-refractivity contribution is -0.113. The van der Waals surface area contributed by atoms with Crippen molar-refractivity contribution in [2.24, 2.45) is 0 Å².